The Morgan fingerprint density at radius 1 is 0.857 bits per heavy atom. The van der Waals surface area contributed by atoms with Crippen LogP contribution < -0.4 is 0 Å². The average Bonchev–Trinajstić information content (AvgIpc) is 2.65. The first kappa shape index (κ1) is 20.8. The van der Waals surface area contributed by atoms with Crippen LogP contribution in [0.3, 0.4) is 0 Å². The molecule has 28 heavy (non-hydrogen) atoms. The predicted molar refractivity (Wildman–Crippen MR) is 97.2 cm³/mol. The molecule has 0 aliphatic carbocycles. The Labute approximate surface area is 161 Å². The fraction of sp³-hybridized carbons (Fsp3) is 0.333. The fourth-order valence-electron chi connectivity index (χ4n) is 3.18. The SMILES string of the molecule is O=S(=O)(c1ccc(F)cc1)C1CCN(S(=O)(=O)Cc2cc(F)ccc2F)CC1. The van der Waals surface area contributed by atoms with Gasteiger partial charge in [0.2, 0.25) is 10.0 Å². The molecule has 0 radical (unpaired) electrons. The van der Waals surface area contributed by atoms with Crippen molar-refractivity contribution in [2.24, 2.45) is 0 Å². The highest BCUT2D eigenvalue weighted by atomic mass is 32.2. The third kappa shape index (κ3) is 4.39. The van der Waals surface area contributed by atoms with E-state index in [0.717, 1.165) is 34.6 Å². The molecule has 1 aliphatic heterocycles. The number of sulfone groups is 1. The smallest absolute Gasteiger partial charge is 0.218 e. The molecule has 2 aromatic rings. The molecule has 0 spiro atoms. The number of rotatable bonds is 5. The molecule has 0 saturated carbocycles. The van der Waals surface area contributed by atoms with Gasteiger partial charge in [-0.05, 0) is 55.3 Å². The van der Waals surface area contributed by atoms with Crippen LogP contribution in [0.2, 0.25) is 0 Å². The van der Waals surface area contributed by atoms with Gasteiger partial charge in [-0.15, -0.1) is 0 Å². The van der Waals surface area contributed by atoms with Crippen molar-refractivity contribution < 1.29 is 30.0 Å². The van der Waals surface area contributed by atoms with Crippen LogP contribution in [0.25, 0.3) is 0 Å². The summed E-state index contributed by atoms with van der Waals surface area (Å²) in [5.41, 5.74) is -0.277. The van der Waals surface area contributed by atoms with Gasteiger partial charge < -0.3 is 0 Å². The van der Waals surface area contributed by atoms with Gasteiger partial charge in [-0.1, -0.05) is 0 Å². The van der Waals surface area contributed by atoms with E-state index in [1.54, 1.807) is 0 Å². The molecule has 2 aromatic carbocycles. The van der Waals surface area contributed by atoms with Gasteiger partial charge in [-0.2, -0.15) is 0 Å². The van der Waals surface area contributed by atoms with Gasteiger partial charge in [-0.25, -0.2) is 34.3 Å². The van der Waals surface area contributed by atoms with Crippen LogP contribution in [0.1, 0.15) is 18.4 Å². The molecule has 0 N–H and O–H groups in total. The van der Waals surface area contributed by atoms with Crippen LogP contribution in [0.5, 0.6) is 0 Å². The van der Waals surface area contributed by atoms with E-state index in [2.05, 4.69) is 0 Å². The second-order valence-electron chi connectivity index (χ2n) is 6.59. The first-order valence-electron chi connectivity index (χ1n) is 8.51. The van der Waals surface area contributed by atoms with Crippen molar-refractivity contribution in [3.63, 3.8) is 0 Å². The maximum Gasteiger partial charge on any atom is 0.218 e. The van der Waals surface area contributed by atoms with Crippen molar-refractivity contribution in [1.29, 1.82) is 0 Å². The van der Waals surface area contributed by atoms with E-state index in [1.165, 1.54) is 12.1 Å². The van der Waals surface area contributed by atoms with E-state index in [4.69, 9.17) is 0 Å². The van der Waals surface area contributed by atoms with Gasteiger partial charge in [0, 0.05) is 18.7 Å². The number of hydrogen-bond acceptors (Lipinski definition) is 4. The molecule has 1 saturated heterocycles. The topological polar surface area (TPSA) is 71.5 Å². The first-order chi connectivity index (χ1) is 13.1. The van der Waals surface area contributed by atoms with Crippen molar-refractivity contribution >= 4 is 19.9 Å². The monoisotopic (exact) mass is 433 g/mol. The third-order valence-corrected chi connectivity index (χ3v) is 8.83. The average molecular weight is 433 g/mol. The molecular formula is C18H18F3NO4S2. The first-order valence-corrected chi connectivity index (χ1v) is 11.7. The number of sulfonamides is 1. The summed E-state index contributed by atoms with van der Waals surface area (Å²) in [6, 6.07) is 7.07. The molecule has 0 atom stereocenters. The summed E-state index contributed by atoms with van der Waals surface area (Å²) < 4.78 is 91.5. The lowest BCUT2D eigenvalue weighted by Crippen LogP contribution is -2.43. The van der Waals surface area contributed by atoms with Crippen molar-refractivity contribution in [2.75, 3.05) is 13.1 Å². The minimum absolute atomic E-state index is 0.0166. The van der Waals surface area contributed by atoms with Crippen molar-refractivity contribution in [3.8, 4) is 0 Å². The molecule has 3 rings (SSSR count). The summed E-state index contributed by atoms with van der Waals surface area (Å²) in [4.78, 5) is -0.0166. The van der Waals surface area contributed by atoms with Gasteiger partial charge >= 0.3 is 0 Å². The van der Waals surface area contributed by atoms with Crippen LogP contribution in [-0.2, 0) is 25.6 Å². The minimum Gasteiger partial charge on any atom is -0.223 e. The summed E-state index contributed by atoms with van der Waals surface area (Å²) >= 11 is 0. The number of hydrogen-bond donors (Lipinski definition) is 0. The minimum atomic E-state index is -3.93. The molecule has 10 heteroatoms. The van der Waals surface area contributed by atoms with Crippen molar-refractivity contribution in [2.45, 2.75) is 28.7 Å². The predicted octanol–water partition coefficient (Wildman–Crippen LogP) is 2.87. The highest BCUT2D eigenvalue weighted by Crippen LogP contribution is 2.27. The van der Waals surface area contributed by atoms with Gasteiger partial charge in [-0.3, -0.25) is 0 Å². The van der Waals surface area contributed by atoms with Crippen molar-refractivity contribution in [3.05, 3.63) is 65.5 Å². The Bertz CT molecular complexity index is 1060. The van der Waals surface area contributed by atoms with E-state index in [1.807, 2.05) is 0 Å². The Morgan fingerprint density at radius 2 is 1.43 bits per heavy atom. The Kier molecular flexibility index (Phi) is 5.83. The van der Waals surface area contributed by atoms with Crippen molar-refractivity contribution in [1.82, 2.24) is 4.31 Å². The second-order valence-corrected chi connectivity index (χ2v) is 10.8. The number of benzene rings is 2. The van der Waals surface area contributed by atoms with Gasteiger partial charge in [0.25, 0.3) is 0 Å². The lowest BCUT2D eigenvalue weighted by atomic mass is 10.2. The molecule has 1 fully saturated rings. The largest absolute Gasteiger partial charge is 0.223 e. The molecular weight excluding hydrogens is 415 g/mol. The quantitative estimate of drug-likeness (QED) is 0.680. The molecule has 0 bridgehead atoms. The summed E-state index contributed by atoms with van der Waals surface area (Å²) in [5, 5.41) is -0.796. The summed E-state index contributed by atoms with van der Waals surface area (Å²) in [5.74, 6) is -2.81. The molecule has 1 heterocycles. The maximum absolute atomic E-state index is 13.7. The Morgan fingerprint density at radius 3 is 2.04 bits per heavy atom. The van der Waals surface area contributed by atoms with E-state index >= 15 is 0 Å². The second kappa shape index (κ2) is 7.84. The van der Waals surface area contributed by atoms with Crippen LogP contribution in [0, 0.1) is 17.5 Å². The Hall–Kier alpha value is -1.91. The fourth-order valence-corrected chi connectivity index (χ4v) is 6.47. The molecule has 5 nitrogen and oxygen atoms in total. The highest BCUT2D eigenvalue weighted by Gasteiger charge is 2.35. The Balaban J connectivity index is 1.70. The molecule has 1 aliphatic rings. The number of piperidine rings is 1. The zero-order valence-electron chi connectivity index (χ0n) is 14.7. The van der Waals surface area contributed by atoms with Gasteiger partial charge in [0.1, 0.15) is 17.5 Å². The molecule has 152 valence electrons. The molecule has 0 amide bonds. The molecule has 0 unspecified atom stereocenters. The zero-order chi connectivity index (χ0) is 20.5. The number of nitrogens with zero attached hydrogens (tertiary/aromatic N) is 1. The van der Waals surface area contributed by atoms with Crippen LogP contribution in [-0.4, -0.2) is 39.5 Å². The zero-order valence-corrected chi connectivity index (χ0v) is 16.3. The van der Waals surface area contributed by atoms with Crippen LogP contribution in [0.4, 0.5) is 13.2 Å². The van der Waals surface area contributed by atoms with Crippen LogP contribution in [0.15, 0.2) is 47.4 Å². The van der Waals surface area contributed by atoms with Crippen LogP contribution >= 0.6 is 0 Å². The standard InChI is InChI=1S/C18H18F3NO4S2/c19-14-1-4-16(5-2-14)28(25,26)17-7-9-22(10-8-17)27(23,24)12-13-11-15(20)3-6-18(13)21/h1-6,11,17H,7-10,12H2. The van der Waals surface area contributed by atoms with E-state index < -0.39 is 48.3 Å². The third-order valence-electron chi connectivity index (χ3n) is 4.72. The maximum atomic E-state index is 13.7. The summed E-state index contributed by atoms with van der Waals surface area (Å²) in [6.07, 6.45) is 0.120. The lowest BCUT2D eigenvalue weighted by molar-refractivity contribution is 0.345. The van der Waals surface area contributed by atoms with E-state index in [0.29, 0.717) is 0 Å². The van der Waals surface area contributed by atoms with Gasteiger partial charge in [0.15, 0.2) is 9.84 Å². The van der Waals surface area contributed by atoms with E-state index in [9.17, 15) is 30.0 Å². The molecule has 0 aromatic heterocycles. The summed E-state index contributed by atoms with van der Waals surface area (Å²) in [6.45, 7) is -0.102. The van der Waals surface area contributed by atoms with E-state index in [-0.39, 0.29) is 36.4 Å². The summed E-state index contributed by atoms with van der Waals surface area (Å²) in [7, 11) is -7.65. The lowest BCUT2D eigenvalue weighted by Gasteiger charge is -2.31. The normalized spacial score (nSPS) is 17.0. The van der Waals surface area contributed by atoms with Gasteiger partial charge in [0.05, 0.1) is 15.9 Å². The number of halogens is 3. The highest BCUT2D eigenvalue weighted by molar-refractivity contribution is 7.92.